The van der Waals surface area contributed by atoms with Crippen molar-refractivity contribution >= 4 is 7.85 Å². The normalized spacial score (nSPS) is 53.4. The van der Waals surface area contributed by atoms with Gasteiger partial charge in [-0.2, -0.15) is 0 Å². The first-order chi connectivity index (χ1) is 5.03. The molecule has 11 heavy (non-hydrogen) atoms. The van der Waals surface area contributed by atoms with E-state index in [1.807, 2.05) is 0 Å². The Balaban J connectivity index is 2.17. The third kappa shape index (κ3) is 0.831. The minimum atomic E-state index is 0.686. The fourth-order valence-corrected chi connectivity index (χ4v) is 3.41. The largest absolute Gasteiger partial charge is 0.105 e. The van der Waals surface area contributed by atoms with Crippen LogP contribution in [-0.4, -0.2) is 7.85 Å². The molecule has 3 saturated carbocycles. The van der Waals surface area contributed by atoms with Crippen LogP contribution < -0.4 is 0 Å². The van der Waals surface area contributed by atoms with Crippen molar-refractivity contribution in [2.24, 2.45) is 23.2 Å². The van der Waals surface area contributed by atoms with Crippen LogP contribution in [0, 0.1) is 23.2 Å². The maximum atomic E-state index is 2.47. The second kappa shape index (κ2) is 2.05. The zero-order chi connectivity index (χ0) is 8.22. The van der Waals surface area contributed by atoms with Gasteiger partial charge in [0.1, 0.15) is 7.85 Å². The van der Waals surface area contributed by atoms with Gasteiger partial charge in [0.15, 0.2) is 0 Å². The average Bonchev–Trinajstić information content (AvgIpc) is 1.93. The lowest BCUT2D eigenvalue weighted by Crippen LogP contribution is -2.53. The highest BCUT2D eigenvalue weighted by molar-refractivity contribution is 6.12. The van der Waals surface area contributed by atoms with Gasteiger partial charge in [-0.3, -0.25) is 0 Å². The van der Waals surface area contributed by atoms with Crippen LogP contribution in [-0.2, 0) is 0 Å². The smallest absolute Gasteiger partial charge is 0.0666 e. The van der Waals surface area contributed by atoms with Crippen LogP contribution in [0.2, 0.25) is 5.82 Å². The van der Waals surface area contributed by atoms with Crippen LogP contribution >= 0.6 is 0 Å². The molecule has 0 unspecified atom stereocenters. The van der Waals surface area contributed by atoms with Crippen molar-refractivity contribution in [3.63, 3.8) is 0 Å². The van der Waals surface area contributed by atoms with E-state index in [4.69, 9.17) is 0 Å². The zero-order valence-corrected chi connectivity index (χ0v) is 8.22. The summed E-state index contributed by atoms with van der Waals surface area (Å²) in [5.41, 5.74) is 0.686. The molecule has 0 aromatic carbocycles. The van der Waals surface area contributed by atoms with E-state index in [-0.39, 0.29) is 0 Å². The molecule has 0 heterocycles. The molecule has 0 aromatic heterocycles. The number of hydrogen-bond acceptors (Lipinski definition) is 0. The minimum absolute atomic E-state index is 0.686. The third-order valence-electron chi connectivity index (χ3n) is 4.73. The fraction of sp³-hybridized carbons (Fsp3) is 1.00. The summed E-state index contributed by atoms with van der Waals surface area (Å²) in [6.45, 7) is 7.38. The molecule has 0 saturated heterocycles. The Kier molecular flexibility index (Phi) is 1.44. The highest BCUT2D eigenvalue weighted by Gasteiger charge is 2.54. The lowest BCUT2D eigenvalue weighted by molar-refractivity contribution is -0.0979. The summed E-state index contributed by atoms with van der Waals surface area (Å²) in [6.07, 6.45) is 3.02. The third-order valence-corrected chi connectivity index (χ3v) is 4.73. The Morgan fingerprint density at radius 1 is 1.27 bits per heavy atom. The van der Waals surface area contributed by atoms with Crippen LogP contribution in [0.25, 0.3) is 0 Å². The van der Waals surface area contributed by atoms with E-state index in [0.29, 0.717) is 5.41 Å². The van der Waals surface area contributed by atoms with Gasteiger partial charge in [-0.15, -0.1) is 0 Å². The molecule has 3 aliphatic rings. The maximum absolute atomic E-state index is 2.47. The molecule has 0 spiro atoms. The first-order valence-electron chi connectivity index (χ1n) is 5.03. The Hall–Kier alpha value is 0.0649. The Morgan fingerprint density at radius 3 is 2.27 bits per heavy atom. The molecule has 1 heteroatoms. The quantitative estimate of drug-likeness (QED) is 0.464. The molecule has 0 nitrogen and oxygen atoms in total. The second-order valence-corrected chi connectivity index (χ2v) is 5.43. The van der Waals surface area contributed by atoms with E-state index < -0.39 is 0 Å². The molecule has 0 aromatic rings. The molecule has 0 N–H and O–H groups in total. The van der Waals surface area contributed by atoms with E-state index >= 15 is 0 Å². The van der Waals surface area contributed by atoms with Crippen LogP contribution in [0.5, 0.6) is 0 Å². The molecule has 0 aliphatic heterocycles. The first-order valence-corrected chi connectivity index (χ1v) is 5.03. The van der Waals surface area contributed by atoms with E-state index in [0.717, 1.165) is 23.6 Å². The SMILES string of the molecule is B[C@@H]1C[C@@H]2C[C@H]([C@H]1C)C2(C)C. The summed E-state index contributed by atoms with van der Waals surface area (Å²) >= 11 is 0. The van der Waals surface area contributed by atoms with Gasteiger partial charge >= 0.3 is 0 Å². The van der Waals surface area contributed by atoms with Gasteiger partial charge in [0.2, 0.25) is 0 Å². The molecule has 0 amide bonds. The van der Waals surface area contributed by atoms with E-state index in [1.54, 1.807) is 0 Å². The molecule has 3 fully saturated rings. The van der Waals surface area contributed by atoms with Crippen molar-refractivity contribution in [3.05, 3.63) is 0 Å². The van der Waals surface area contributed by atoms with Crippen LogP contribution in [0.4, 0.5) is 0 Å². The van der Waals surface area contributed by atoms with Crippen molar-refractivity contribution in [2.45, 2.75) is 39.4 Å². The minimum Gasteiger partial charge on any atom is -0.0666 e. The van der Waals surface area contributed by atoms with Crippen LogP contribution in [0.3, 0.4) is 0 Å². The Labute approximate surface area is 71.2 Å². The second-order valence-electron chi connectivity index (χ2n) is 5.43. The van der Waals surface area contributed by atoms with Crippen LogP contribution in [0.15, 0.2) is 0 Å². The molecule has 0 radical (unpaired) electrons. The van der Waals surface area contributed by atoms with E-state index in [2.05, 4.69) is 28.6 Å². The van der Waals surface area contributed by atoms with E-state index in [9.17, 15) is 0 Å². The number of fused-ring (bicyclic) bond motifs is 2. The predicted molar refractivity (Wildman–Crippen MR) is 51.5 cm³/mol. The zero-order valence-electron chi connectivity index (χ0n) is 8.22. The van der Waals surface area contributed by atoms with Gasteiger partial charge in [0.05, 0.1) is 0 Å². The van der Waals surface area contributed by atoms with Crippen molar-refractivity contribution in [1.29, 1.82) is 0 Å². The van der Waals surface area contributed by atoms with Crippen molar-refractivity contribution in [1.82, 2.24) is 0 Å². The molecular weight excluding hydrogens is 131 g/mol. The highest BCUT2D eigenvalue weighted by atomic mass is 14.6. The molecule has 3 rings (SSSR count). The number of rotatable bonds is 0. The van der Waals surface area contributed by atoms with Crippen molar-refractivity contribution in [2.75, 3.05) is 0 Å². The summed E-state index contributed by atoms with van der Waals surface area (Å²) < 4.78 is 0. The maximum Gasteiger partial charge on any atom is 0.105 e. The van der Waals surface area contributed by atoms with Crippen molar-refractivity contribution in [3.8, 4) is 0 Å². The highest BCUT2D eigenvalue weighted by Crippen LogP contribution is 2.63. The van der Waals surface area contributed by atoms with Gasteiger partial charge < -0.3 is 0 Å². The molecule has 4 atom stereocenters. The molecular formula is C10H19B. The van der Waals surface area contributed by atoms with Gasteiger partial charge in [0, 0.05) is 0 Å². The molecule has 62 valence electrons. The Morgan fingerprint density at radius 2 is 1.91 bits per heavy atom. The average molecular weight is 150 g/mol. The first kappa shape index (κ1) is 7.70. The summed E-state index contributed by atoms with van der Waals surface area (Å²) in [5, 5.41) is 0. The fourth-order valence-electron chi connectivity index (χ4n) is 3.41. The summed E-state index contributed by atoms with van der Waals surface area (Å²) in [6, 6.07) is 0. The lowest BCUT2D eigenvalue weighted by Gasteiger charge is -2.62. The topological polar surface area (TPSA) is 0 Å². The summed E-state index contributed by atoms with van der Waals surface area (Å²) in [4.78, 5) is 0. The molecule has 3 aliphatic carbocycles. The standard InChI is InChI=1S/C10H19B/c1-6-8-4-7(5-9(6)11)10(8,2)3/h6-9H,4-5,11H2,1-3H3/t6-,7+,8-,9-/m1/s1. The monoisotopic (exact) mass is 150 g/mol. The molecule has 2 bridgehead atoms. The van der Waals surface area contributed by atoms with Gasteiger partial charge in [0.25, 0.3) is 0 Å². The number of hydrogen-bond donors (Lipinski definition) is 0. The van der Waals surface area contributed by atoms with Gasteiger partial charge in [-0.05, 0) is 29.6 Å². The van der Waals surface area contributed by atoms with Gasteiger partial charge in [-0.25, -0.2) is 0 Å². The summed E-state index contributed by atoms with van der Waals surface area (Å²) in [5.74, 6) is 4.07. The Bertz CT molecular complexity index is 174. The van der Waals surface area contributed by atoms with Gasteiger partial charge in [-0.1, -0.05) is 33.0 Å². The predicted octanol–water partition coefficient (Wildman–Crippen LogP) is 2.11. The summed E-state index contributed by atoms with van der Waals surface area (Å²) in [7, 11) is 2.43. The van der Waals surface area contributed by atoms with Crippen LogP contribution in [0.1, 0.15) is 33.6 Å². The van der Waals surface area contributed by atoms with Crippen molar-refractivity contribution < 1.29 is 0 Å². The lowest BCUT2D eigenvalue weighted by atomic mass is 9.41. The van der Waals surface area contributed by atoms with E-state index in [1.165, 1.54) is 12.8 Å².